The van der Waals surface area contributed by atoms with E-state index in [-0.39, 0.29) is 17.8 Å². The number of carbonyl (C=O) groups excluding carboxylic acids is 1. The van der Waals surface area contributed by atoms with Crippen LogP contribution in [0.3, 0.4) is 0 Å². The van der Waals surface area contributed by atoms with Gasteiger partial charge in [-0.05, 0) is 12.1 Å². The number of quaternary nitrogens is 1. The highest BCUT2D eigenvalue weighted by Gasteiger charge is 2.47. The van der Waals surface area contributed by atoms with Crippen molar-refractivity contribution < 1.29 is 32.0 Å². The second kappa shape index (κ2) is 8.07. The van der Waals surface area contributed by atoms with Crippen LogP contribution >= 0.6 is 0 Å². The molecular formula is C18H23F3N5O3+. The number of nitrogens with zero attached hydrogens (tertiary/aromatic N) is 2. The molecule has 0 aromatic carbocycles. The summed E-state index contributed by atoms with van der Waals surface area (Å²) < 4.78 is 52.3. The first-order chi connectivity index (χ1) is 13.9. The number of furan rings is 1. The van der Waals surface area contributed by atoms with Crippen LogP contribution in [-0.2, 0) is 4.74 Å². The molecule has 11 heteroatoms. The SMILES string of the molecule is O=C(NCC[NH+]1CCOCC1)c1cnn2c1N[C@H](c1ccco1)C[C@H]2C(F)(F)F. The summed E-state index contributed by atoms with van der Waals surface area (Å²) in [5.74, 6) is -0.0161. The van der Waals surface area contributed by atoms with Gasteiger partial charge in [0.05, 0.1) is 44.8 Å². The molecule has 29 heavy (non-hydrogen) atoms. The Labute approximate surface area is 165 Å². The highest BCUT2D eigenvalue weighted by atomic mass is 19.4. The Morgan fingerprint density at radius 2 is 2.17 bits per heavy atom. The quantitative estimate of drug-likeness (QED) is 0.674. The van der Waals surface area contributed by atoms with Crippen LogP contribution in [0.25, 0.3) is 0 Å². The maximum absolute atomic E-state index is 13.6. The maximum atomic E-state index is 13.6. The van der Waals surface area contributed by atoms with Crippen molar-refractivity contribution in [1.29, 1.82) is 0 Å². The van der Waals surface area contributed by atoms with Crippen LogP contribution in [0.1, 0.15) is 34.6 Å². The number of nitrogens with one attached hydrogen (secondary N) is 3. The van der Waals surface area contributed by atoms with Gasteiger partial charge in [-0.25, -0.2) is 4.68 Å². The predicted molar refractivity (Wildman–Crippen MR) is 95.7 cm³/mol. The molecule has 0 unspecified atom stereocenters. The number of rotatable bonds is 5. The molecule has 2 aromatic rings. The van der Waals surface area contributed by atoms with Gasteiger partial charge in [0.15, 0.2) is 6.04 Å². The molecule has 0 aliphatic carbocycles. The van der Waals surface area contributed by atoms with Crippen molar-refractivity contribution in [2.75, 3.05) is 44.7 Å². The minimum absolute atomic E-state index is 0.0520. The molecule has 4 rings (SSSR count). The topological polar surface area (TPSA) is 85.8 Å². The first-order valence-corrected chi connectivity index (χ1v) is 9.57. The normalized spacial score (nSPS) is 22.7. The Bertz CT molecular complexity index is 830. The average molecular weight is 414 g/mol. The fraction of sp³-hybridized carbons (Fsp3) is 0.556. The van der Waals surface area contributed by atoms with Crippen molar-refractivity contribution in [2.24, 2.45) is 0 Å². The van der Waals surface area contributed by atoms with Gasteiger partial charge in [0.25, 0.3) is 5.91 Å². The first-order valence-electron chi connectivity index (χ1n) is 9.57. The van der Waals surface area contributed by atoms with Gasteiger partial charge in [0, 0.05) is 6.42 Å². The van der Waals surface area contributed by atoms with E-state index in [0.29, 0.717) is 25.5 Å². The molecule has 0 bridgehead atoms. The number of carbonyl (C=O) groups is 1. The lowest BCUT2D eigenvalue weighted by atomic mass is 10.0. The van der Waals surface area contributed by atoms with Gasteiger partial charge in [-0.3, -0.25) is 4.79 Å². The maximum Gasteiger partial charge on any atom is 0.410 e. The molecule has 0 radical (unpaired) electrons. The highest BCUT2D eigenvalue weighted by molar-refractivity contribution is 5.98. The summed E-state index contributed by atoms with van der Waals surface area (Å²) in [5.41, 5.74) is 0.0903. The van der Waals surface area contributed by atoms with E-state index in [0.717, 1.165) is 24.3 Å². The molecule has 8 nitrogen and oxygen atoms in total. The molecule has 0 saturated carbocycles. The summed E-state index contributed by atoms with van der Waals surface area (Å²) in [5, 5.41) is 9.64. The molecule has 2 aliphatic heterocycles. The Balaban J connectivity index is 1.49. The minimum atomic E-state index is -4.50. The monoisotopic (exact) mass is 414 g/mol. The van der Waals surface area contributed by atoms with Gasteiger partial charge in [0.2, 0.25) is 0 Å². The van der Waals surface area contributed by atoms with Crippen molar-refractivity contribution in [3.63, 3.8) is 0 Å². The average Bonchev–Trinajstić information content (AvgIpc) is 3.37. The van der Waals surface area contributed by atoms with Crippen molar-refractivity contribution >= 4 is 11.7 Å². The van der Waals surface area contributed by atoms with Crippen molar-refractivity contribution in [1.82, 2.24) is 15.1 Å². The number of anilines is 1. The molecule has 1 saturated heterocycles. The molecule has 4 heterocycles. The molecule has 1 amide bonds. The summed E-state index contributed by atoms with van der Waals surface area (Å²) in [6.07, 6.45) is -2.18. The number of alkyl halides is 3. The lowest BCUT2D eigenvalue weighted by Gasteiger charge is -2.32. The molecule has 2 aliphatic rings. The number of hydrogen-bond acceptors (Lipinski definition) is 5. The summed E-state index contributed by atoms with van der Waals surface area (Å²) in [6.45, 7) is 4.28. The number of fused-ring (bicyclic) bond motifs is 1. The third-order valence-corrected chi connectivity index (χ3v) is 5.33. The van der Waals surface area contributed by atoms with Crippen LogP contribution in [0.2, 0.25) is 0 Å². The second-order valence-corrected chi connectivity index (χ2v) is 7.23. The zero-order valence-electron chi connectivity index (χ0n) is 15.7. The lowest BCUT2D eigenvalue weighted by Crippen LogP contribution is -3.14. The van der Waals surface area contributed by atoms with Crippen LogP contribution in [0, 0.1) is 0 Å². The van der Waals surface area contributed by atoms with E-state index in [1.165, 1.54) is 17.4 Å². The molecular weight excluding hydrogens is 391 g/mol. The highest BCUT2D eigenvalue weighted by Crippen LogP contribution is 2.44. The van der Waals surface area contributed by atoms with Gasteiger partial charge in [-0.15, -0.1) is 0 Å². The Kier molecular flexibility index (Phi) is 5.50. The van der Waals surface area contributed by atoms with Crippen molar-refractivity contribution in [3.05, 3.63) is 35.9 Å². The fourth-order valence-corrected chi connectivity index (χ4v) is 3.76. The Morgan fingerprint density at radius 1 is 1.38 bits per heavy atom. The predicted octanol–water partition coefficient (Wildman–Crippen LogP) is 0.781. The van der Waals surface area contributed by atoms with Crippen LogP contribution in [-0.4, -0.2) is 61.3 Å². The number of morpholine rings is 1. The van der Waals surface area contributed by atoms with Gasteiger partial charge >= 0.3 is 6.18 Å². The minimum Gasteiger partial charge on any atom is -0.467 e. The van der Waals surface area contributed by atoms with Crippen LogP contribution in [0.5, 0.6) is 0 Å². The van der Waals surface area contributed by atoms with Gasteiger partial charge in [0.1, 0.15) is 30.2 Å². The molecule has 1 fully saturated rings. The summed E-state index contributed by atoms with van der Waals surface area (Å²) in [6, 6.07) is 0.688. The van der Waals surface area contributed by atoms with Crippen LogP contribution < -0.4 is 15.5 Å². The Morgan fingerprint density at radius 3 is 2.86 bits per heavy atom. The third-order valence-electron chi connectivity index (χ3n) is 5.33. The number of ether oxygens (including phenoxy) is 1. The van der Waals surface area contributed by atoms with Crippen LogP contribution in [0.15, 0.2) is 29.0 Å². The second-order valence-electron chi connectivity index (χ2n) is 7.23. The molecule has 158 valence electrons. The van der Waals surface area contributed by atoms with E-state index in [2.05, 4.69) is 15.7 Å². The first kappa shape index (κ1) is 19.8. The van der Waals surface area contributed by atoms with E-state index in [1.807, 2.05) is 0 Å². The standard InChI is InChI=1S/C18H22F3N5O3/c19-18(20,21)15-10-13(14-2-1-7-29-14)24-16-12(11-23-26(15)16)17(27)22-3-4-25-5-8-28-9-6-25/h1-2,7,11,13,15,24H,3-6,8-10H2,(H,22,27)/p+1/t13-,15-/m0/s1. The smallest absolute Gasteiger partial charge is 0.410 e. The zero-order valence-corrected chi connectivity index (χ0v) is 15.7. The fourth-order valence-electron chi connectivity index (χ4n) is 3.76. The summed E-state index contributed by atoms with van der Waals surface area (Å²) in [4.78, 5) is 13.9. The number of hydrogen-bond donors (Lipinski definition) is 3. The Hall–Kier alpha value is -2.53. The van der Waals surface area contributed by atoms with E-state index < -0.39 is 24.2 Å². The molecule has 0 spiro atoms. The molecule has 2 atom stereocenters. The number of aromatic nitrogens is 2. The van der Waals surface area contributed by atoms with Crippen molar-refractivity contribution in [3.8, 4) is 0 Å². The van der Waals surface area contributed by atoms with Gasteiger partial charge in [-0.1, -0.05) is 0 Å². The summed E-state index contributed by atoms with van der Waals surface area (Å²) >= 11 is 0. The third kappa shape index (κ3) is 4.25. The lowest BCUT2D eigenvalue weighted by molar-refractivity contribution is -0.906. The number of amides is 1. The largest absolute Gasteiger partial charge is 0.467 e. The van der Waals surface area contributed by atoms with Gasteiger partial charge < -0.3 is 24.7 Å². The van der Waals surface area contributed by atoms with Crippen molar-refractivity contribution in [2.45, 2.75) is 24.7 Å². The molecule has 3 N–H and O–H groups in total. The molecule has 2 aromatic heterocycles. The van der Waals surface area contributed by atoms with Gasteiger partial charge in [-0.2, -0.15) is 18.3 Å². The van der Waals surface area contributed by atoms with Crippen LogP contribution in [0.4, 0.5) is 19.0 Å². The zero-order chi connectivity index (χ0) is 20.4. The van der Waals surface area contributed by atoms with E-state index in [1.54, 1.807) is 12.1 Å². The summed E-state index contributed by atoms with van der Waals surface area (Å²) in [7, 11) is 0. The number of halogens is 3. The van der Waals surface area contributed by atoms with E-state index >= 15 is 0 Å². The van der Waals surface area contributed by atoms with E-state index in [9.17, 15) is 18.0 Å². The van der Waals surface area contributed by atoms with E-state index in [4.69, 9.17) is 9.15 Å².